The smallest absolute Gasteiger partial charge is 0.172 e. The number of hydrogen-bond acceptors (Lipinski definition) is 4. The summed E-state index contributed by atoms with van der Waals surface area (Å²) >= 11 is 0. The Bertz CT molecular complexity index is 1040. The summed E-state index contributed by atoms with van der Waals surface area (Å²) in [5, 5.41) is 19.8. The third kappa shape index (κ3) is 2.14. The molecule has 0 saturated heterocycles. The van der Waals surface area contributed by atoms with Crippen LogP contribution >= 0.6 is 0 Å². The zero-order chi connectivity index (χ0) is 16.5. The van der Waals surface area contributed by atoms with E-state index in [-0.39, 0.29) is 11.4 Å². The van der Waals surface area contributed by atoms with E-state index in [4.69, 9.17) is 0 Å². The molecule has 0 aliphatic heterocycles. The van der Waals surface area contributed by atoms with Crippen molar-refractivity contribution in [2.75, 3.05) is 0 Å². The van der Waals surface area contributed by atoms with Crippen molar-refractivity contribution in [3.63, 3.8) is 0 Å². The molecule has 0 fully saturated rings. The highest BCUT2D eigenvalue weighted by Crippen LogP contribution is 2.31. The average molecular weight is 315 g/mol. The molecule has 0 aliphatic rings. The summed E-state index contributed by atoms with van der Waals surface area (Å²) in [6.45, 7) is 0. The number of aldehydes is 1. The highest BCUT2D eigenvalue weighted by molar-refractivity contribution is 5.95. The summed E-state index contributed by atoms with van der Waals surface area (Å²) in [6, 6.07) is 20.4. The van der Waals surface area contributed by atoms with E-state index in [0.29, 0.717) is 12.0 Å². The molecule has 1 aromatic heterocycles. The van der Waals surface area contributed by atoms with Crippen LogP contribution in [0.4, 0.5) is 0 Å². The molecule has 0 bridgehead atoms. The predicted octanol–water partition coefficient (Wildman–Crippen LogP) is 3.61. The number of carbonyl (C=O) groups is 1. The van der Waals surface area contributed by atoms with E-state index in [1.807, 2.05) is 54.6 Å². The SMILES string of the molecule is O=Cc1nnn(-c2cccc3c(O)cccc23)c1-c1ccccc1. The Morgan fingerprint density at radius 1 is 0.875 bits per heavy atom. The lowest BCUT2D eigenvalue weighted by atomic mass is 10.1. The number of phenolic OH excluding ortho intramolecular Hbond substituents is 1. The largest absolute Gasteiger partial charge is 0.507 e. The lowest BCUT2D eigenvalue weighted by Crippen LogP contribution is -2.01. The first-order valence-electron chi connectivity index (χ1n) is 7.47. The van der Waals surface area contributed by atoms with Crippen LogP contribution in [0.25, 0.3) is 27.7 Å². The fourth-order valence-corrected chi connectivity index (χ4v) is 2.87. The van der Waals surface area contributed by atoms with Crippen molar-refractivity contribution in [1.29, 1.82) is 0 Å². The summed E-state index contributed by atoms with van der Waals surface area (Å²) in [4.78, 5) is 11.4. The van der Waals surface area contributed by atoms with E-state index in [1.54, 1.807) is 16.8 Å². The maximum Gasteiger partial charge on any atom is 0.172 e. The second-order valence-corrected chi connectivity index (χ2v) is 5.37. The number of hydrogen-bond donors (Lipinski definition) is 1. The molecular weight excluding hydrogens is 302 g/mol. The van der Waals surface area contributed by atoms with Crippen LogP contribution in [0.2, 0.25) is 0 Å². The van der Waals surface area contributed by atoms with Crippen LogP contribution in [0.15, 0.2) is 66.7 Å². The van der Waals surface area contributed by atoms with Crippen LogP contribution in [0, 0.1) is 0 Å². The lowest BCUT2D eigenvalue weighted by molar-refractivity contribution is 0.111. The lowest BCUT2D eigenvalue weighted by Gasteiger charge is -2.10. The highest BCUT2D eigenvalue weighted by Gasteiger charge is 2.17. The first kappa shape index (κ1) is 14.1. The Kier molecular flexibility index (Phi) is 3.31. The number of benzene rings is 3. The molecule has 1 heterocycles. The van der Waals surface area contributed by atoms with Crippen LogP contribution in [0.5, 0.6) is 5.75 Å². The minimum atomic E-state index is 0.200. The Morgan fingerprint density at radius 3 is 2.42 bits per heavy atom. The van der Waals surface area contributed by atoms with E-state index in [2.05, 4.69) is 10.3 Å². The minimum absolute atomic E-state index is 0.200. The summed E-state index contributed by atoms with van der Waals surface area (Å²) in [5.74, 6) is 0.200. The molecule has 0 radical (unpaired) electrons. The van der Waals surface area contributed by atoms with E-state index in [9.17, 15) is 9.90 Å². The molecule has 24 heavy (non-hydrogen) atoms. The monoisotopic (exact) mass is 315 g/mol. The molecule has 116 valence electrons. The number of fused-ring (bicyclic) bond motifs is 1. The summed E-state index contributed by atoms with van der Waals surface area (Å²) in [5.41, 5.74) is 2.50. The molecule has 0 atom stereocenters. The molecule has 5 heteroatoms. The maximum atomic E-state index is 11.4. The number of aromatic nitrogens is 3. The van der Waals surface area contributed by atoms with Crippen molar-refractivity contribution < 1.29 is 9.90 Å². The van der Waals surface area contributed by atoms with Crippen LogP contribution < -0.4 is 0 Å². The van der Waals surface area contributed by atoms with Crippen molar-refractivity contribution in [1.82, 2.24) is 15.0 Å². The Balaban J connectivity index is 2.04. The van der Waals surface area contributed by atoms with E-state index < -0.39 is 0 Å². The normalized spacial score (nSPS) is 10.8. The van der Waals surface area contributed by atoms with Crippen LogP contribution in [-0.4, -0.2) is 26.4 Å². The van der Waals surface area contributed by atoms with Gasteiger partial charge in [-0.05, 0) is 12.1 Å². The standard InChI is InChI=1S/C19H13N3O2/c23-12-16-19(13-6-2-1-3-7-13)22(21-20-16)17-10-4-9-15-14(17)8-5-11-18(15)24/h1-12,24H. The molecule has 0 saturated carbocycles. The van der Waals surface area contributed by atoms with Crippen molar-refractivity contribution in [3.05, 3.63) is 72.4 Å². The second-order valence-electron chi connectivity index (χ2n) is 5.37. The molecule has 0 unspecified atom stereocenters. The summed E-state index contributed by atoms with van der Waals surface area (Å²) < 4.78 is 1.64. The van der Waals surface area contributed by atoms with Gasteiger partial charge in [-0.2, -0.15) is 0 Å². The molecule has 4 aromatic rings. The third-order valence-corrected chi connectivity index (χ3v) is 3.96. The molecular formula is C19H13N3O2. The van der Waals surface area contributed by atoms with Crippen molar-refractivity contribution >= 4 is 17.1 Å². The van der Waals surface area contributed by atoms with E-state index in [0.717, 1.165) is 22.0 Å². The number of carbonyl (C=O) groups excluding carboxylic acids is 1. The van der Waals surface area contributed by atoms with Gasteiger partial charge < -0.3 is 5.11 Å². The van der Waals surface area contributed by atoms with Gasteiger partial charge in [0, 0.05) is 16.3 Å². The first-order chi connectivity index (χ1) is 11.8. The zero-order valence-corrected chi connectivity index (χ0v) is 12.6. The second kappa shape index (κ2) is 5.62. The number of nitrogens with zero attached hydrogens (tertiary/aromatic N) is 3. The average Bonchev–Trinajstić information content (AvgIpc) is 3.06. The molecule has 3 aromatic carbocycles. The van der Waals surface area contributed by atoms with Crippen LogP contribution in [0.1, 0.15) is 10.5 Å². The van der Waals surface area contributed by atoms with Gasteiger partial charge in [-0.3, -0.25) is 4.79 Å². The fourth-order valence-electron chi connectivity index (χ4n) is 2.87. The Hall–Kier alpha value is -3.47. The van der Waals surface area contributed by atoms with Crippen molar-refractivity contribution in [3.8, 4) is 22.7 Å². The molecule has 0 spiro atoms. The van der Waals surface area contributed by atoms with Gasteiger partial charge in [-0.15, -0.1) is 5.10 Å². The summed E-state index contributed by atoms with van der Waals surface area (Å²) in [6.07, 6.45) is 0.703. The quantitative estimate of drug-likeness (QED) is 0.586. The summed E-state index contributed by atoms with van der Waals surface area (Å²) in [7, 11) is 0. The van der Waals surface area contributed by atoms with Crippen LogP contribution in [0.3, 0.4) is 0 Å². The molecule has 5 nitrogen and oxygen atoms in total. The Labute approximate surface area is 137 Å². The van der Waals surface area contributed by atoms with Gasteiger partial charge in [-0.25, -0.2) is 4.68 Å². The van der Waals surface area contributed by atoms with Gasteiger partial charge in [0.15, 0.2) is 12.0 Å². The van der Waals surface area contributed by atoms with Crippen molar-refractivity contribution in [2.45, 2.75) is 0 Å². The zero-order valence-electron chi connectivity index (χ0n) is 12.6. The molecule has 0 aliphatic carbocycles. The number of rotatable bonds is 3. The molecule has 0 amide bonds. The number of aromatic hydroxyl groups is 1. The topological polar surface area (TPSA) is 68.0 Å². The molecule has 1 N–H and O–H groups in total. The van der Waals surface area contributed by atoms with E-state index >= 15 is 0 Å². The van der Waals surface area contributed by atoms with Gasteiger partial charge >= 0.3 is 0 Å². The maximum absolute atomic E-state index is 11.4. The fraction of sp³-hybridized carbons (Fsp3) is 0. The van der Waals surface area contributed by atoms with Crippen molar-refractivity contribution in [2.24, 2.45) is 0 Å². The van der Waals surface area contributed by atoms with Crippen LogP contribution in [-0.2, 0) is 0 Å². The van der Waals surface area contributed by atoms with Gasteiger partial charge in [0.05, 0.1) is 5.69 Å². The number of phenols is 1. The first-order valence-corrected chi connectivity index (χ1v) is 7.47. The van der Waals surface area contributed by atoms with Gasteiger partial charge in [-0.1, -0.05) is 59.8 Å². The van der Waals surface area contributed by atoms with Gasteiger partial charge in [0.25, 0.3) is 0 Å². The van der Waals surface area contributed by atoms with E-state index in [1.165, 1.54) is 0 Å². The third-order valence-electron chi connectivity index (χ3n) is 3.96. The van der Waals surface area contributed by atoms with Gasteiger partial charge in [0.2, 0.25) is 0 Å². The minimum Gasteiger partial charge on any atom is -0.507 e. The van der Waals surface area contributed by atoms with Gasteiger partial charge in [0.1, 0.15) is 11.4 Å². The molecule has 4 rings (SSSR count). The predicted molar refractivity (Wildman–Crippen MR) is 91.4 cm³/mol. The Morgan fingerprint density at radius 2 is 1.62 bits per heavy atom. The highest BCUT2D eigenvalue weighted by atomic mass is 16.3.